The van der Waals surface area contributed by atoms with Crippen molar-refractivity contribution in [3.05, 3.63) is 47.1 Å². The van der Waals surface area contributed by atoms with E-state index < -0.39 is 0 Å². The van der Waals surface area contributed by atoms with E-state index in [-0.39, 0.29) is 0 Å². The summed E-state index contributed by atoms with van der Waals surface area (Å²) in [5.74, 6) is 2.30. The van der Waals surface area contributed by atoms with Gasteiger partial charge in [-0.1, -0.05) is 23.7 Å². The van der Waals surface area contributed by atoms with Gasteiger partial charge in [-0.15, -0.1) is 10.2 Å². The van der Waals surface area contributed by atoms with Gasteiger partial charge in [0, 0.05) is 19.0 Å². The Balaban J connectivity index is 1.77. The molecule has 1 aromatic carbocycles. The van der Waals surface area contributed by atoms with Crippen LogP contribution in [-0.4, -0.2) is 30.4 Å². The van der Waals surface area contributed by atoms with E-state index >= 15 is 0 Å². The fourth-order valence-electron chi connectivity index (χ4n) is 2.83. The number of hydrogen-bond acceptors (Lipinski definition) is 4. The Morgan fingerprint density at radius 2 is 2.14 bits per heavy atom. The second-order valence-corrected chi connectivity index (χ2v) is 5.66. The van der Waals surface area contributed by atoms with E-state index in [1.54, 1.807) is 13.2 Å². The standard InChI is InChI=1S/C16H18ClN3O/c1-21-14-6-2-4-12(10-14)13-5-3-9-20(11-13)16-8-7-15(17)18-19-16/h2,4,6-8,10,13H,3,5,9,11H2,1H3. The normalized spacial score (nSPS) is 18.6. The lowest BCUT2D eigenvalue weighted by Crippen LogP contribution is -2.35. The first-order valence-electron chi connectivity index (χ1n) is 7.14. The lowest BCUT2D eigenvalue weighted by molar-refractivity contribution is 0.412. The van der Waals surface area contributed by atoms with Gasteiger partial charge in [-0.25, -0.2) is 0 Å². The van der Waals surface area contributed by atoms with Crippen molar-refractivity contribution in [2.75, 3.05) is 25.1 Å². The van der Waals surface area contributed by atoms with Gasteiger partial charge in [-0.2, -0.15) is 0 Å². The molecule has 0 aliphatic carbocycles. The molecule has 0 bridgehead atoms. The highest BCUT2D eigenvalue weighted by atomic mass is 35.5. The van der Waals surface area contributed by atoms with Crippen molar-refractivity contribution in [2.24, 2.45) is 0 Å². The van der Waals surface area contributed by atoms with E-state index in [2.05, 4.69) is 33.3 Å². The van der Waals surface area contributed by atoms with Gasteiger partial charge in [0.05, 0.1) is 7.11 Å². The number of halogens is 1. The van der Waals surface area contributed by atoms with E-state index in [0.717, 1.165) is 31.1 Å². The molecule has 1 atom stereocenters. The number of anilines is 1. The quantitative estimate of drug-likeness (QED) is 0.869. The summed E-state index contributed by atoms with van der Waals surface area (Å²) in [4.78, 5) is 2.27. The minimum atomic E-state index is 0.431. The minimum Gasteiger partial charge on any atom is -0.497 e. The van der Waals surface area contributed by atoms with Crippen LogP contribution in [0.5, 0.6) is 5.75 Å². The van der Waals surface area contributed by atoms with Gasteiger partial charge in [0.25, 0.3) is 0 Å². The summed E-state index contributed by atoms with van der Waals surface area (Å²) in [6, 6.07) is 12.1. The molecule has 21 heavy (non-hydrogen) atoms. The number of nitrogens with zero attached hydrogens (tertiary/aromatic N) is 3. The highest BCUT2D eigenvalue weighted by Gasteiger charge is 2.22. The van der Waals surface area contributed by atoms with Gasteiger partial charge in [0.15, 0.2) is 11.0 Å². The maximum Gasteiger partial charge on any atom is 0.151 e. The summed E-state index contributed by atoms with van der Waals surface area (Å²) in [6.07, 6.45) is 2.33. The topological polar surface area (TPSA) is 38.2 Å². The Morgan fingerprint density at radius 3 is 2.90 bits per heavy atom. The van der Waals surface area contributed by atoms with Gasteiger partial charge < -0.3 is 9.64 Å². The van der Waals surface area contributed by atoms with Crippen LogP contribution in [0.1, 0.15) is 24.3 Å². The van der Waals surface area contributed by atoms with Crippen molar-refractivity contribution in [2.45, 2.75) is 18.8 Å². The molecule has 1 fully saturated rings. The first kappa shape index (κ1) is 14.1. The lowest BCUT2D eigenvalue weighted by Gasteiger charge is -2.33. The zero-order valence-electron chi connectivity index (χ0n) is 12.0. The van der Waals surface area contributed by atoms with Gasteiger partial charge in [-0.3, -0.25) is 0 Å². The fraction of sp³-hybridized carbons (Fsp3) is 0.375. The summed E-state index contributed by atoms with van der Waals surface area (Å²) in [6.45, 7) is 1.96. The second-order valence-electron chi connectivity index (χ2n) is 5.28. The van der Waals surface area contributed by atoms with Crippen molar-refractivity contribution in [1.29, 1.82) is 0 Å². The molecule has 0 saturated carbocycles. The second kappa shape index (κ2) is 6.31. The molecular weight excluding hydrogens is 286 g/mol. The molecule has 0 spiro atoms. The highest BCUT2D eigenvalue weighted by molar-refractivity contribution is 6.29. The van der Waals surface area contributed by atoms with Gasteiger partial charge in [0.1, 0.15) is 5.75 Å². The molecule has 0 amide bonds. The molecule has 3 rings (SSSR count). The van der Waals surface area contributed by atoms with E-state index in [1.807, 2.05) is 12.1 Å². The summed E-state index contributed by atoms with van der Waals surface area (Å²) in [5, 5.41) is 8.55. The van der Waals surface area contributed by atoms with E-state index in [9.17, 15) is 0 Å². The van der Waals surface area contributed by atoms with Crippen molar-refractivity contribution in [1.82, 2.24) is 10.2 Å². The average Bonchev–Trinajstić information content (AvgIpc) is 2.56. The molecule has 1 saturated heterocycles. The van der Waals surface area contributed by atoms with Crippen LogP contribution in [0.25, 0.3) is 0 Å². The summed E-state index contributed by atoms with van der Waals surface area (Å²) < 4.78 is 5.32. The van der Waals surface area contributed by atoms with Crippen LogP contribution in [0.15, 0.2) is 36.4 Å². The number of hydrogen-bond donors (Lipinski definition) is 0. The zero-order chi connectivity index (χ0) is 14.7. The molecule has 1 aliphatic heterocycles. The van der Waals surface area contributed by atoms with Crippen LogP contribution < -0.4 is 9.64 Å². The number of rotatable bonds is 3. The molecule has 2 aromatic rings. The predicted octanol–water partition coefficient (Wildman–Crippen LogP) is 3.52. The molecule has 2 heterocycles. The molecule has 1 aromatic heterocycles. The van der Waals surface area contributed by atoms with Crippen LogP contribution in [-0.2, 0) is 0 Å². The molecule has 110 valence electrons. The predicted molar refractivity (Wildman–Crippen MR) is 84.2 cm³/mol. The largest absolute Gasteiger partial charge is 0.497 e. The van der Waals surface area contributed by atoms with Crippen molar-refractivity contribution in [3.8, 4) is 5.75 Å². The maximum absolute atomic E-state index is 5.80. The van der Waals surface area contributed by atoms with E-state index in [0.29, 0.717) is 11.1 Å². The molecular formula is C16H18ClN3O. The lowest BCUT2D eigenvalue weighted by atomic mass is 9.90. The molecule has 1 unspecified atom stereocenters. The Morgan fingerprint density at radius 1 is 1.24 bits per heavy atom. The van der Waals surface area contributed by atoms with E-state index in [1.165, 1.54) is 12.0 Å². The highest BCUT2D eigenvalue weighted by Crippen LogP contribution is 2.30. The monoisotopic (exact) mass is 303 g/mol. The Labute approximate surface area is 129 Å². The fourth-order valence-corrected chi connectivity index (χ4v) is 2.93. The van der Waals surface area contributed by atoms with Crippen LogP contribution >= 0.6 is 11.6 Å². The third-order valence-corrected chi connectivity index (χ3v) is 4.13. The minimum absolute atomic E-state index is 0.431. The van der Waals surface area contributed by atoms with Crippen LogP contribution in [0, 0.1) is 0 Å². The first-order chi connectivity index (χ1) is 10.3. The van der Waals surface area contributed by atoms with Gasteiger partial charge in [0.2, 0.25) is 0 Å². The summed E-state index contributed by atoms with van der Waals surface area (Å²) in [7, 11) is 1.70. The zero-order valence-corrected chi connectivity index (χ0v) is 12.8. The van der Waals surface area contributed by atoms with Crippen molar-refractivity contribution < 1.29 is 4.74 Å². The van der Waals surface area contributed by atoms with Gasteiger partial charge >= 0.3 is 0 Å². The first-order valence-corrected chi connectivity index (χ1v) is 7.52. The van der Waals surface area contributed by atoms with Crippen LogP contribution in [0.2, 0.25) is 5.15 Å². The molecule has 5 heteroatoms. The Hall–Kier alpha value is -1.81. The maximum atomic E-state index is 5.80. The molecule has 0 N–H and O–H groups in total. The molecule has 0 radical (unpaired) electrons. The van der Waals surface area contributed by atoms with Crippen LogP contribution in [0.3, 0.4) is 0 Å². The SMILES string of the molecule is COc1cccc(C2CCCN(c3ccc(Cl)nn3)C2)c1. The summed E-state index contributed by atoms with van der Waals surface area (Å²) >= 11 is 5.80. The smallest absolute Gasteiger partial charge is 0.151 e. The Bertz CT molecular complexity index is 603. The van der Waals surface area contributed by atoms with Crippen LogP contribution in [0.4, 0.5) is 5.82 Å². The number of benzene rings is 1. The molecule has 4 nitrogen and oxygen atoms in total. The van der Waals surface area contributed by atoms with Crippen molar-refractivity contribution >= 4 is 17.4 Å². The number of aromatic nitrogens is 2. The molecule has 1 aliphatic rings. The third-order valence-electron chi connectivity index (χ3n) is 3.93. The van der Waals surface area contributed by atoms with E-state index in [4.69, 9.17) is 16.3 Å². The number of piperidine rings is 1. The number of methoxy groups -OCH3 is 1. The van der Waals surface area contributed by atoms with Gasteiger partial charge in [-0.05, 0) is 42.7 Å². The average molecular weight is 304 g/mol. The Kier molecular flexibility index (Phi) is 4.25. The third kappa shape index (κ3) is 3.27. The number of ether oxygens (including phenoxy) is 1. The van der Waals surface area contributed by atoms with Crippen molar-refractivity contribution in [3.63, 3.8) is 0 Å². The summed E-state index contributed by atoms with van der Waals surface area (Å²) in [5.41, 5.74) is 1.32.